The van der Waals surface area contributed by atoms with Crippen LogP contribution in [0.1, 0.15) is 30.2 Å². The first-order valence-corrected chi connectivity index (χ1v) is 8.53. The Morgan fingerprint density at radius 3 is 2.33 bits per heavy atom. The van der Waals surface area contributed by atoms with Crippen LogP contribution in [0, 0.1) is 0 Å². The molecule has 0 aliphatic heterocycles. The van der Waals surface area contributed by atoms with E-state index < -0.39 is 11.5 Å². The van der Waals surface area contributed by atoms with Crippen LogP contribution in [0.2, 0.25) is 0 Å². The molecule has 3 rings (SSSR count). The fourth-order valence-corrected chi connectivity index (χ4v) is 2.98. The van der Waals surface area contributed by atoms with E-state index >= 15 is 0 Å². The summed E-state index contributed by atoms with van der Waals surface area (Å²) in [7, 11) is 1.56. The maximum Gasteiger partial charge on any atom is 0.343 e. The summed E-state index contributed by atoms with van der Waals surface area (Å²) in [6.45, 7) is 3.64. The molecule has 0 aliphatic rings. The molecule has 6 heteroatoms. The molecule has 3 aromatic rings. The minimum Gasteiger partial charge on any atom is -0.497 e. The van der Waals surface area contributed by atoms with Crippen molar-refractivity contribution in [2.75, 3.05) is 7.11 Å². The van der Waals surface area contributed by atoms with Crippen LogP contribution in [-0.4, -0.2) is 27.7 Å². The summed E-state index contributed by atoms with van der Waals surface area (Å²) >= 11 is 0. The highest BCUT2D eigenvalue weighted by Gasteiger charge is 2.24. The van der Waals surface area contributed by atoms with Crippen LogP contribution in [0.15, 0.2) is 59.4 Å². The zero-order chi connectivity index (χ0) is 19.6. The smallest absolute Gasteiger partial charge is 0.343 e. The zero-order valence-corrected chi connectivity index (χ0v) is 15.3. The second kappa shape index (κ2) is 7.45. The van der Waals surface area contributed by atoms with Crippen LogP contribution in [0.25, 0.3) is 22.6 Å². The second-order valence-electron chi connectivity index (χ2n) is 6.33. The highest BCUT2D eigenvalue weighted by atomic mass is 16.5. The summed E-state index contributed by atoms with van der Waals surface area (Å²) < 4.78 is 6.68. The van der Waals surface area contributed by atoms with Crippen LogP contribution in [-0.2, 0) is 0 Å². The maximum atomic E-state index is 13.1. The number of methoxy groups -OCH3 is 1. The van der Waals surface area contributed by atoms with Crippen LogP contribution in [0.5, 0.6) is 5.75 Å². The van der Waals surface area contributed by atoms with Crippen LogP contribution in [0.3, 0.4) is 0 Å². The van der Waals surface area contributed by atoms with Crippen molar-refractivity contribution < 1.29 is 14.6 Å². The molecule has 6 nitrogen and oxygen atoms in total. The fourth-order valence-electron chi connectivity index (χ4n) is 2.98. The average molecular weight is 364 g/mol. The van der Waals surface area contributed by atoms with E-state index in [1.165, 1.54) is 4.57 Å². The van der Waals surface area contributed by atoms with Crippen molar-refractivity contribution in [1.82, 2.24) is 9.55 Å². The van der Waals surface area contributed by atoms with Gasteiger partial charge in [-0.3, -0.25) is 9.36 Å². The molecule has 0 radical (unpaired) electrons. The first-order chi connectivity index (χ1) is 12.9. The number of hydrogen-bond acceptors (Lipinski definition) is 4. The summed E-state index contributed by atoms with van der Waals surface area (Å²) in [4.78, 5) is 29.6. The van der Waals surface area contributed by atoms with E-state index in [4.69, 9.17) is 4.74 Å². The quantitative estimate of drug-likeness (QED) is 0.743. The van der Waals surface area contributed by atoms with E-state index in [9.17, 15) is 14.7 Å². The number of nitrogens with zero attached hydrogens (tertiary/aromatic N) is 2. The summed E-state index contributed by atoms with van der Waals surface area (Å²) in [5.74, 6) is -0.267. The van der Waals surface area contributed by atoms with Crippen molar-refractivity contribution in [1.29, 1.82) is 0 Å². The topological polar surface area (TPSA) is 81.4 Å². The van der Waals surface area contributed by atoms with Gasteiger partial charge < -0.3 is 9.84 Å². The van der Waals surface area contributed by atoms with E-state index in [1.807, 2.05) is 26.0 Å². The first kappa shape index (κ1) is 18.4. The van der Waals surface area contributed by atoms with Gasteiger partial charge in [-0.2, -0.15) is 0 Å². The lowest BCUT2D eigenvalue weighted by atomic mass is 10.1. The van der Waals surface area contributed by atoms with E-state index in [-0.39, 0.29) is 17.3 Å². The highest BCUT2D eigenvalue weighted by molar-refractivity contribution is 5.94. The molecule has 0 amide bonds. The van der Waals surface area contributed by atoms with Crippen molar-refractivity contribution in [3.63, 3.8) is 0 Å². The lowest BCUT2D eigenvalue weighted by molar-refractivity contribution is 0.0694. The second-order valence-corrected chi connectivity index (χ2v) is 6.33. The Labute approximate surface area is 156 Å². The normalized spacial score (nSPS) is 10.8. The number of hydrogen-bond donors (Lipinski definition) is 1. The SMILES string of the molecule is COc1cccc(-c2nc(-c3ccccc3)c(C(=O)O)c(=O)n2C(C)C)c1. The molecule has 0 unspecified atom stereocenters. The van der Waals surface area contributed by atoms with Crippen LogP contribution in [0.4, 0.5) is 0 Å². The number of aromatic carboxylic acids is 1. The van der Waals surface area contributed by atoms with Gasteiger partial charge in [-0.25, -0.2) is 9.78 Å². The molecule has 1 N–H and O–H groups in total. The predicted octanol–water partition coefficient (Wildman–Crippen LogP) is 3.87. The van der Waals surface area contributed by atoms with E-state index in [0.717, 1.165) is 0 Å². The fraction of sp³-hybridized carbons (Fsp3) is 0.190. The van der Waals surface area contributed by atoms with Gasteiger partial charge in [0, 0.05) is 17.2 Å². The van der Waals surface area contributed by atoms with Gasteiger partial charge in [0.25, 0.3) is 5.56 Å². The van der Waals surface area contributed by atoms with Gasteiger partial charge in [0.2, 0.25) is 0 Å². The van der Waals surface area contributed by atoms with E-state index in [2.05, 4.69) is 4.98 Å². The number of benzene rings is 2. The van der Waals surface area contributed by atoms with Gasteiger partial charge in [-0.1, -0.05) is 42.5 Å². The minimum absolute atomic E-state index is 0.155. The van der Waals surface area contributed by atoms with Crippen molar-refractivity contribution in [3.05, 3.63) is 70.5 Å². The monoisotopic (exact) mass is 364 g/mol. The molecular formula is C21H20N2O4. The van der Waals surface area contributed by atoms with E-state index in [0.29, 0.717) is 22.7 Å². The Morgan fingerprint density at radius 2 is 1.74 bits per heavy atom. The molecule has 0 spiro atoms. The number of ether oxygens (including phenoxy) is 1. The Hall–Kier alpha value is -3.41. The van der Waals surface area contributed by atoms with Crippen molar-refractivity contribution in [2.24, 2.45) is 0 Å². The third kappa shape index (κ3) is 3.46. The molecule has 0 saturated carbocycles. The zero-order valence-electron chi connectivity index (χ0n) is 15.3. The van der Waals surface area contributed by atoms with Crippen LogP contribution < -0.4 is 10.3 Å². The average Bonchev–Trinajstić information content (AvgIpc) is 2.67. The molecule has 0 saturated heterocycles. The van der Waals surface area contributed by atoms with Crippen molar-refractivity contribution >= 4 is 5.97 Å². The molecule has 138 valence electrons. The lowest BCUT2D eigenvalue weighted by Crippen LogP contribution is -2.31. The van der Waals surface area contributed by atoms with Gasteiger partial charge in [-0.15, -0.1) is 0 Å². The number of rotatable bonds is 5. The number of carbonyl (C=O) groups is 1. The van der Waals surface area contributed by atoms with Crippen molar-refractivity contribution in [3.8, 4) is 28.4 Å². The standard InChI is InChI=1S/C21H20N2O4/c1-13(2)23-19(15-10-7-11-16(12-15)27-3)22-18(14-8-5-4-6-9-14)17(20(23)24)21(25)26/h4-13H,1-3H3,(H,25,26). The Morgan fingerprint density at radius 1 is 1.07 bits per heavy atom. The predicted molar refractivity (Wildman–Crippen MR) is 103 cm³/mol. The number of aromatic nitrogens is 2. The lowest BCUT2D eigenvalue weighted by Gasteiger charge is -2.19. The highest BCUT2D eigenvalue weighted by Crippen LogP contribution is 2.28. The van der Waals surface area contributed by atoms with E-state index in [1.54, 1.807) is 49.6 Å². The summed E-state index contributed by atoms with van der Waals surface area (Å²) in [5, 5.41) is 9.68. The summed E-state index contributed by atoms with van der Waals surface area (Å²) in [5.41, 5.74) is 0.495. The summed E-state index contributed by atoms with van der Waals surface area (Å²) in [6, 6.07) is 15.8. The molecule has 1 heterocycles. The Kier molecular flexibility index (Phi) is 5.07. The molecule has 27 heavy (non-hydrogen) atoms. The third-order valence-electron chi connectivity index (χ3n) is 4.22. The van der Waals surface area contributed by atoms with Gasteiger partial charge in [0.1, 0.15) is 11.6 Å². The van der Waals surface area contributed by atoms with Gasteiger partial charge in [0.05, 0.1) is 12.8 Å². The van der Waals surface area contributed by atoms with Crippen molar-refractivity contribution in [2.45, 2.75) is 19.9 Å². The van der Waals surface area contributed by atoms with Gasteiger partial charge >= 0.3 is 5.97 Å². The first-order valence-electron chi connectivity index (χ1n) is 8.53. The molecule has 0 bridgehead atoms. The van der Waals surface area contributed by atoms with Crippen LogP contribution >= 0.6 is 0 Å². The largest absolute Gasteiger partial charge is 0.497 e. The molecule has 0 aliphatic carbocycles. The Bertz CT molecular complexity index is 1040. The van der Waals surface area contributed by atoms with Gasteiger partial charge in [0.15, 0.2) is 5.56 Å². The third-order valence-corrected chi connectivity index (χ3v) is 4.22. The molecule has 1 aromatic heterocycles. The Balaban J connectivity index is 2.41. The van der Waals surface area contributed by atoms with Gasteiger partial charge in [-0.05, 0) is 26.0 Å². The minimum atomic E-state index is -1.29. The molecule has 2 aromatic carbocycles. The molecule has 0 atom stereocenters. The summed E-state index contributed by atoms with van der Waals surface area (Å²) in [6.07, 6.45) is 0. The number of carboxylic acids is 1. The molecule has 0 fully saturated rings. The number of carboxylic acid groups (broad SMARTS) is 1. The molecular weight excluding hydrogens is 344 g/mol. The maximum absolute atomic E-state index is 13.1.